The highest BCUT2D eigenvalue weighted by Gasteiger charge is 2.21. The number of pyridine rings is 1. The minimum atomic E-state index is -0.365. The van der Waals surface area contributed by atoms with Crippen molar-refractivity contribution in [1.29, 1.82) is 0 Å². The lowest BCUT2D eigenvalue weighted by Crippen LogP contribution is -2.48. The number of aliphatic imine (C=N–C) groups is 1. The van der Waals surface area contributed by atoms with Crippen molar-refractivity contribution in [2.45, 2.75) is 53.1 Å². The highest BCUT2D eigenvalue weighted by molar-refractivity contribution is 14.0. The molecule has 0 radical (unpaired) electrons. The van der Waals surface area contributed by atoms with Gasteiger partial charge in [0, 0.05) is 50.4 Å². The van der Waals surface area contributed by atoms with E-state index in [4.69, 9.17) is 0 Å². The smallest absolute Gasteiger partial charge is 0.225 e. The van der Waals surface area contributed by atoms with Crippen LogP contribution < -0.4 is 16.0 Å². The number of halogens is 1. The monoisotopic (exact) mass is 516 g/mol. The van der Waals surface area contributed by atoms with Gasteiger partial charge >= 0.3 is 0 Å². The van der Waals surface area contributed by atoms with Crippen LogP contribution in [0.2, 0.25) is 0 Å². The van der Waals surface area contributed by atoms with Crippen LogP contribution in [0.4, 0.5) is 0 Å². The SMILES string of the molecule is CCNC(=NCCNC(=O)C(C)(C)C)NC1CCN(Cc2ccccn2)CC1.I. The second kappa shape index (κ2) is 13.0. The molecule has 1 aromatic rings. The predicted octanol–water partition coefficient (Wildman–Crippen LogP) is 2.38. The van der Waals surface area contributed by atoms with Gasteiger partial charge in [-0.3, -0.25) is 19.7 Å². The van der Waals surface area contributed by atoms with E-state index in [0.29, 0.717) is 19.1 Å². The fourth-order valence-corrected chi connectivity index (χ4v) is 3.07. The lowest BCUT2D eigenvalue weighted by Gasteiger charge is -2.32. The van der Waals surface area contributed by atoms with Gasteiger partial charge in [0.25, 0.3) is 0 Å². The average molecular weight is 516 g/mol. The number of piperidine rings is 1. The van der Waals surface area contributed by atoms with E-state index in [2.05, 4.69) is 43.8 Å². The summed E-state index contributed by atoms with van der Waals surface area (Å²) in [5, 5.41) is 9.78. The molecule has 3 N–H and O–H groups in total. The summed E-state index contributed by atoms with van der Waals surface area (Å²) in [6.45, 7) is 12.8. The molecule has 2 rings (SSSR count). The number of guanidine groups is 1. The van der Waals surface area contributed by atoms with Gasteiger partial charge < -0.3 is 16.0 Å². The molecule has 1 saturated heterocycles. The van der Waals surface area contributed by atoms with Crippen molar-refractivity contribution in [2.75, 3.05) is 32.7 Å². The van der Waals surface area contributed by atoms with E-state index >= 15 is 0 Å². The van der Waals surface area contributed by atoms with Gasteiger partial charge in [-0.15, -0.1) is 24.0 Å². The van der Waals surface area contributed by atoms with Crippen LogP contribution in [0, 0.1) is 5.41 Å². The first-order chi connectivity index (χ1) is 13.4. The number of rotatable bonds is 7. The lowest BCUT2D eigenvalue weighted by molar-refractivity contribution is -0.128. The normalized spacial score (nSPS) is 16.1. The Morgan fingerprint density at radius 1 is 1.24 bits per heavy atom. The molecule has 0 atom stereocenters. The van der Waals surface area contributed by atoms with Crippen LogP contribution in [0.1, 0.15) is 46.2 Å². The van der Waals surface area contributed by atoms with Gasteiger partial charge in [0.2, 0.25) is 5.91 Å². The molecule has 1 aliphatic rings. The Morgan fingerprint density at radius 3 is 2.55 bits per heavy atom. The number of carbonyl (C=O) groups excluding carboxylic acids is 1. The number of nitrogens with one attached hydrogen (secondary N) is 3. The Bertz CT molecular complexity index is 624. The largest absolute Gasteiger partial charge is 0.357 e. The van der Waals surface area contributed by atoms with Crippen molar-refractivity contribution in [2.24, 2.45) is 10.4 Å². The van der Waals surface area contributed by atoms with Crippen LogP contribution in [-0.2, 0) is 11.3 Å². The van der Waals surface area contributed by atoms with E-state index in [1.165, 1.54) is 0 Å². The third-order valence-electron chi connectivity index (χ3n) is 4.73. The molecule has 1 amide bonds. The molecule has 8 heteroatoms. The van der Waals surface area contributed by atoms with Crippen LogP contribution in [0.25, 0.3) is 0 Å². The number of hydrogen-bond donors (Lipinski definition) is 3. The van der Waals surface area contributed by atoms with Gasteiger partial charge in [-0.25, -0.2) is 0 Å². The van der Waals surface area contributed by atoms with Gasteiger partial charge in [-0.1, -0.05) is 26.8 Å². The molecule has 29 heavy (non-hydrogen) atoms. The molecule has 0 aliphatic carbocycles. The van der Waals surface area contributed by atoms with Gasteiger partial charge in [0.05, 0.1) is 12.2 Å². The van der Waals surface area contributed by atoms with Crippen molar-refractivity contribution in [3.63, 3.8) is 0 Å². The van der Waals surface area contributed by atoms with E-state index in [9.17, 15) is 4.79 Å². The molecule has 1 fully saturated rings. The van der Waals surface area contributed by atoms with Crippen LogP contribution in [0.5, 0.6) is 0 Å². The molecule has 164 valence electrons. The molecular weight excluding hydrogens is 479 g/mol. The van der Waals surface area contributed by atoms with Gasteiger partial charge in [0.1, 0.15) is 0 Å². The molecule has 0 unspecified atom stereocenters. The van der Waals surface area contributed by atoms with Crippen molar-refractivity contribution >= 4 is 35.8 Å². The Morgan fingerprint density at radius 2 is 1.97 bits per heavy atom. The van der Waals surface area contributed by atoms with Crippen molar-refractivity contribution in [3.8, 4) is 0 Å². The Kier molecular flexibility index (Phi) is 11.5. The molecular formula is C21H37IN6O. The number of amides is 1. The van der Waals surface area contributed by atoms with E-state index < -0.39 is 0 Å². The second-order valence-corrected chi connectivity index (χ2v) is 8.28. The first-order valence-electron chi connectivity index (χ1n) is 10.3. The number of hydrogen-bond acceptors (Lipinski definition) is 4. The topological polar surface area (TPSA) is 81.6 Å². The summed E-state index contributed by atoms with van der Waals surface area (Å²) in [5.41, 5.74) is 0.761. The zero-order chi connectivity index (χ0) is 20.4. The molecule has 7 nitrogen and oxygen atoms in total. The Labute approximate surface area is 192 Å². The molecule has 0 bridgehead atoms. The molecule has 2 heterocycles. The first kappa shape index (κ1) is 25.6. The highest BCUT2D eigenvalue weighted by atomic mass is 127. The lowest BCUT2D eigenvalue weighted by atomic mass is 9.96. The maximum Gasteiger partial charge on any atom is 0.225 e. The molecule has 0 aromatic carbocycles. The summed E-state index contributed by atoms with van der Waals surface area (Å²) in [7, 11) is 0. The fourth-order valence-electron chi connectivity index (χ4n) is 3.07. The summed E-state index contributed by atoms with van der Waals surface area (Å²) in [6, 6.07) is 6.50. The zero-order valence-corrected chi connectivity index (χ0v) is 20.5. The fraction of sp³-hybridized carbons (Fsp3) is 0.667. The number of nitrogens with zero attached hydrogens (tertiary/aromatic N) is 3. The third-order valence-corrected chi connectivity index (χ3v) is 4.73. The predicted molar refractivity (Wildman–Crippen MR) is 130 cm³/mol. The first-order valence-corrected chi connectivity index (χ1v) is 10.3. The van der Waals surface area contributed by atoms with Crippen LogP contribution in [0.15, 0.2) is 29.4 Å². The maximum absolute atomic E-state index is 11.9. The Balaban J connectivity index is 0.00000420. The summed E-state index contributed by atoms with van der Waals surface area (Å²) in [6.07, 6.45) is 4.02. The van der Waals surface area contributed by atoms with Crippen LogP contribution >= 0.6 is 24.0 Å². The van der Waals surface area contributed by atoms with E-state index in [-0.39, 0.29) is 35.3 Å². The number of likely N-dealkylation sites (tertiary alicyclic amines) is 1. The zero-order valence-electron chi connectivity index (χ0n) is 18.2. The Hall–Kier alpha value is -1.42. The summed E-state index contributed by atoms with van der Waals surface area (Å²) >= 11 is 0. The minimum Gasteiger partial charge on any atom is -0.357 e. The molecule has 0 saturated carbocycles. The van der Waals surface area contributed by atoms with E-state index in [1.807, 2.05) is 39.1 Å². The van der Waals surface area contributed by atoms with Crippen LogP contribution in [-0.4, -0.2) is 60.5 Å². The summed E-state index contributed by atoms with van der Waals surface area (Å²) < 4.78 is 0. The second-order valence-electron chi connectivity index (χ2n) is 8.28. The summed E-state index contributed by atoms with van der Waals surface area (Å²) in [5.74, 6) is 0.886. The van der Waals surface area contributed by atoms with Crippen molar-refractivity contribution in [3.05, 3.63) is 30.1 Å². The molecule has 1 aliphatic heterocycles. The maximum atomic E-state index is 11.9. The quantitative estimate of drug-likeness (QED) is 0.225. The van der Waals surface area contributed by atoms with Gasteiger partial charge in [-0.05, 0) is 31.9 Å². The van der Waals surface area contributed by atoms with Crippen molar-refractivity contribution in [1.82, 2.24) is 25.8 Å². The molecule has 1 aromatic heterocycles. The van der Waals surface area contributed by atoms with Gasteiger partial charge in [-0.2, -0.15) is 0 Å². The number of aromatic nitrogens is 1. The van der Waals surface area contributed by atoms with E-state index in [0.717, 1.165) is 50.7 Å². The highest BCUT2D eigenvalue weighted by Crippen LogP contribution is 2.13. The van der Waals surface area contributed by atoms with E-state index in [1.54, 1.807) is 0 Å². The van der Waals surface area contributed by atoms with Crippen molar-refractivity contribution < 1.29 is 4.79 Å². The minimum absolute atomic E-state index is 0. The standard InChI is InChI=1S/C21H36N6O.HI/c1-5-22-20(25-13-12-24-19(28)21(2,3)4)26-17-9-14-27(15-10-17)16-18-8-6-7-11-23-18;/h6-8,11,17H,5,9-10,12-16H2,1-4H3,(H,24,28)(H2,22,25,26);1H. The average Bonchev–Trinajstić information content (AvgIpc) is 2.66. The third kappa shape index (κ3) is 9.75. The van der Waals surface area contributed by atoms with Crippen LogP contribution in [0.3, 0.4) is 0 Å². The number of carbonyl (C=O) groups is 1. The molecule has 0 spiro atoms. The summed E-state index contributed by atoms with van der Waals surface area (Å²) in [4.78, 5) is 23.4. The van der Waals surface area contributed by atoms with Gasteiger partial charge in [0.15, 0.2) is 5.96 Å².